The lowest BCUT2D eigenvalue weighted by Gasteiger charge is -2.29. The predicted molar refractivity (Wildman–Crippen MR) is 587 cm³/mol. The number of hydrogen-bond acceptors (Lipinski definition) is 24. The molecule has 2 fully saturated rings. The number of nitrogens with one attached hydrogen (secondary N) is 8. The van der Waals surface area contributed by atoms with Crippen LogP contribution in [0.4, 0.5) is 51.2 Å². The summed E-state index contributed by atoms with van der Waals surface area (Å²) in [5.74, 6) is -0.645. The maximum atomic E-state index is 12.7. The van der Waals surface area contributed by atoms with Gasteiger partial charge in [0, 0.05) is 192 Å². The van der Waals surface area contributed by atoms with Crippen molar-refractivity contribution < 1.29 is 57.5 Å². The number of anilines is 9. The molecule has 780 valence electrons. The number of nitrogens with zero attached hydrogens (tertiary/aromatic N) is 5. The van der Waals surface area contributed by atoms with Gasteiger partial charge in [-0.15, -0.1) is 0 Å². The number of carbonyl (C=O) groups excluding carboxylic acids is 3. The molecule has 0 aliphatic carbocycles. The fourth-order valence-corrected chi connectivity index (χ4v) is 15.7. The summed E-state index contributed by atoms with van der Waals surface area (Å²) in [6.07, 6.45) is 19.9. The maximum Gasteiger partial charge on any atom is 0.266 e. The first-order chi connectivity index (χ1) is 65.4. The quantitative estimate of drug-likeness (QED) is 0.00968. The molecule has 3 amide bonds. The molecule has 4 heterocycles. The smallest absolute Gasteiger partial charge is 0.266 e. The Morgan fingerprint density at radius 2 is 0.791 bits per heavy atom. The van der Waals surface area contributed by atoms with Gasteiger partial charge in [0.05, 0.1) is 26.3 Å². The van der Waals surface area contributed by atoms with E-state index in [1.54, 1.807) is 140 Å². The van der Waals surface area contributed by atoms with Gasteiger partial charge in [-0.3, -0.25) is 27.0 Å². The van der Waals surface area contributed by atoms with Crippen molar-refractivity contribution in [1.82, 2.24) is 19.3 Å². The molecule has 3 aliphatic rings. The zero-order valence-electron chi connectivity index (χ0n) is 86.4. The van der Waals surface area contributed by atoms with E-state index in [1.165, 1.54) is 114 Å². The topological polar surface area (TPSA) is 432 Å². The van der Waals surface area contributed by atoms with E-state index in [4.69, 9.17) is 28.8 Å². The van der Waals surface area contributed by atoms with Gasteiger partial charge in [0.2, 0.25) is 26.0 Å². The molecule has 8 aromatic rings. The number of halogens is 1. The number of hydrogen-bond donors (Lipinski definition) is 11. The molecular formula is C104H166ClN16O13S5-3. The monoisotopic (exact) mass is 2040 g/mol. The molecule has 35 heteroatoms. The summed E-state index contributed by atoms with van der Waals surface area (Å²) >= 11 is 0.166. The van der Waals surface area contributed by atoms with Crippen LogP contribution in [-0.4, -0.2) is 201 Å². The van der Waals surface area contributed by atoms with E-state index in [9.17, 15) is 57.5 Å². The lowest BCUT2D eigenvalue weighted by molar-refractivity contribution is -0.116. The second-order valence-electron chi connectivity index (χ2n) is 39.5. The highest BCUT2D eigenvalue weighted by Gasteiger charge is 2.38. The molecule has 11 rings (SSSR count). The summed E-state index contributed by atoms with van der Waals surface area (Å²) in [7, 11) is -4.72. The highest BCUT2D eigenvalue weighted by atomic mass is 35.5. The molecule has 7 aromatic carbocycles. The largest absolute Gasteiger partial charge is 0.772 e. The number of para-hydroxylation sites is 1. The number of piperazine rings is 1. The van der Waals surface area contributed by atoms with Crippen molar-refractivity contribution in [1.29, 1.82) is 0 Å². The average Bonchev–Trinajstić information content (AvgIpc) is 1.61. The zero-order chi connectivity index (χ0) is 104. The number of aromatic nitrogens is 1. The summed E-state index contributed by atoms with van der Waals surface area (Å²) in [6, 6.07) is 51.0. The molecule has 1 aromatic heterocycles. The molecule has 139 heavy (non-hydrogen) atoms. The average molecular weight is 2040 g/mol. The van der Waals surface area contributed by atoms with Crippen LogP contribution in [0.15, 0.2) is 152 Å². The first-order valence-electron chi connectivity index (χ1n) is 49.1. The van der Waals surface area contributed by atoms with Crippen LogP contribution in [0.5, 0.6) is 0 Å². The summed E-state index contributed by atoms with van der Waals surface area (Å²) in [4.78, 5) is 44.4. The van der Waals surface area contributed by atoms with Crippen molar-refractivity contribution in [3.8, 4) is 0 Å². The molecule has 0 bridgehead atoms. The van der Waals surface area contributed by atoms with Gasteiger partial charge in [-0.25, -0.2) is 31.2 Å². The summed E-state index contributed by atoms with van der Waals surface area (Å²) < 4.78 is 112. The van der Waals surface area contributed by atoms with E-state index in [2.05, 4.69) is 154 Å². The van der Waals surface area contributed by atoms with Gasteiger partial charge in [-0.1, -0.05) is 61.9 Å². The third kappa shape index (κ3) is 45.1. The Bertz CT molecular complexity index is 5210. The second-order valence-corrected chi connectivity index (χ2v) is 50.1. The lowest BCUT2D eigenvalue weighted by Crippen LogP contribution is -2.43. The molecule has 29 nitrogen and oxygen atoms in total. The van der Waals surface area contributed by atoms with Gasteiger partial charge in [0.1, 0.15) is 0 Å². The van der Waals surface area contributed by atoms with Crippen LogP contribution in [0.2, 0.25) is 5.02 Å². The van der Waals surface area contributed by atoms with Crippen molar-refractivity contribution >= 4 is 156 Å². The van der Waals surface area contributed by atoms with Crippen LogP contribution in [-0.2, 0) is 64.6 Å². The Balaban J connectivity index is 0.000000345. The molecular weight excluding hydrogens is 1880 g/mol. The van der Waals surface area contributed by atoms with Gasteiger partial charge in [-0.2, -0.15) is 0 Å². The number of carbonyl (C=O) groups is 3. The third-order valence-corrected chi connectivity index (χ3v) is 30.4. The van der Waals surface area contributed by atoms with Crippen LogP contribution in [0, 0.1) is 6.92 Å². The van der Waals surface area contributed by atoms with Gasteiger partial charge in [0.15, 0.2) is 0 Å². The molecule has 3 aliphatic heterocycles. The van der Waals surface area contributed by atoms with E-state index in [0.29, 0.717) is 34.9 Å². The molecule has 0 radical (unpaired) electrons. The van der Waals surface area contributed by atoms with E-state index in [1.807, 2.05) is 43.3 Å². The second kappa shape index (κ2) is 62.4. The standard InChI is InChI=1S/C20H22ClN3O2.C19H34N4O2S.C19H25N3.C18H31N3O3S.C16H27N3.3C4H10O2S/c1-13-11-15(23-10-4-2-3-9-22)6-8-18(13)24-19(25)16-7-5-14(21)12-17(16)20(24)26;1-19(2,3)26(24,25)22-12-6-4-5-11-21-17-7-9-18(10-8-17)23-15-13-20-14-16-23;1-2-22-18-9-5-4-8-16(18)17-14-15(10-11-19(17)22)21-13-7-3-6-12-20;1-15(22)21(5)17-11-9-16(10-12-17)19-13-7-6-8-14-20-25(23,24)18(2,3)4;17-11-3-1-4-12-18-15-7-9-16(10-8-15)19-13-5-2-6-14-19;3*1-4(2,3)7(5)6/h5-8,11-12,23H,2-4,9-10,22H2,1H3;7-10,20-22H,4-6,11-16H2,1-3H3;4-5,8-11,14,21H,2-3,6-7,12-13,20H2,1H3;9-12,19-20H,6-8,13-14H2,1-5H3;7-10,18H,1-6,11-14,17H2;3*1-3H3,(H,5,6)/p-3. The van der Waals surface area contributed by atoms with E-state index in [-0.39, 0.29) is 17.7 Å². The van der Waals surface area contributed by atoms with Gasteiger partial charge in [0.25, 0.3) is 11.8 Å². The zero-order valence-corrected chi connectivity index (χ0v) is 91.2. The van der Waals surface area contributed by atoms with Crippen LogP contribution >= 0.6 is 11.6 Å². The molecule has 3 atom stereocenters. The van der Waals surface area contributed by atoms with Gasteiger partial charge >= 0.3 is 0 Å². The summed E-state index contributed by atoms with van der Waals surface area (Å²) in [5.41, 5.74) is 30.4. The molecule has 2 saturated heterocycles. The number of sulfonamides is 2. The van der Waals surface area contributed by atoms with Crippen molar-refractivity contribution in [2.45, 2.75) is 270 Å². The minimum Gasteiger partial charge on any atom is -0.772 e. The van der Waals surface area contributed by atoms with Gasteiger partial charge < -0.3 is 82.0 Å². The number of aryl methyl sites for hydroxylation is 2. The summed E-state index contributed by atoms with van der Waals surface area (Å²) in [5, 5.41) is 23.6. The third-order valence-electron chi connectivity index (χ3n) is 22.7. The van der Waals surface area contributed by atoms with Crippen molar-refractivity contribution in [3.05, 3.63) is 173 Å². The number of amides is 3. The van der Waals surface area contributed by atoms with Crippen molar-refractivity contribution in [3.63, 3.8) is 0 Å². The molecule has 3 unspecified atom stereocenters. The Morgan fingerprint density at radius 3 is 1.18 bits per heavy atom. The Labute approximate surface area is 845 Å². The van der Waals surface area contributed by atoms with Gasteiger partial charge in [-0.05, 0) is 393 Å². The minimum atomic E-state index is -3.24. The Morgan fingerprint density at radius 1 is 0.439 bits per heavy atom. The SMILES string of the molecule is CC(=O)N(C)c1ccc(NCCCCCNS(=O)(=O)C(C)(C)C)cc1.CC(C)(C)S(=O)(=O)NCCCCCNc1ccc(N2CCNCC2)cc1.CC(C)(C)S(=O)[O-].CC(C)(C)S(=O)[O-].CC(C)(C)S(=O)[O-].CCn1c2ccccc2c2cc(NCCCCCN)ccc21.Cc1cc(NCCCCCN)ccc1N1C(=O)c2ccc(Cl)cc2C1=O.NCCCCCNc1ccc(N2CCCCC2)cc1. The van der Waals surface area contributed by atoms with Crippen LogP contribution in [0.25, 0.3) is 21.8 Å². The van der Waals surface area contributed by atoms with E-state index in [0.717, 1.165) is 184 Å². The number of piperidine rings is 1. The first-order valence-corrected chi connectivity index (χ1v) is 55.6. The van der Waals surface area contributed by atoms with Crippen molar-refractivity contribution in [2.75, 3.05) is 158 Å². The fourth-order valence-electron chi connectivity index (χ4n) is 13.8. The highest BCUT2D eigenvalue weighted by molar-refractivity contribution is 7.91. The van der Waals surface area contributed by atoms with Crippen LogP contribution in [0.1, 0.15) is 260 Å². The van der Waals surface area contributed by atoms with E-state index >= 15 is 0 Å². The first kappa shape index (κ1) is 123. The van der Waals surface area contributed by atoms with Crippen molar-refractivity contribution in [2.24, 2.45) is 17.2 Å². The molecule has 0 spiro atoms. The maximum absolute atomic E-state index is 12.7. The Kier molecular flexibility index (Phi) is 55.3. The number of benzene rings is 7. The van der Waals surface area contributed by atoms with Crippen LogP contribution < -0.4 is 78.1 Å². The number of imide groups is 1. The summed E-state index contributed by atoms with van der Waals surface area (Å²) in [6.45, 7) is 46.3. The highest BCUT2D eigenvalue weighted by Crippen LogP contribution is 2.35. The molecule has 14 N–H and O–H groups in total. The number of unbranched alkanes of at least 4 members (excludes halogenated alkanes) is 10. The number of fused-ring (bicyclic) bond motifs is 4. The number of rotatable bonds is 39. The Hall–Kier alpha value is -8.17. The fraction of sp³-hybridized carbons (Fsp3) is 0.567. The van der Waals surface area contributed by atoms with Crippen LogP contribution in [0.3, 0.4) is 0 Å². The minimum absolute atomic E-state index is 0.00259. The van der Waals surface area contributed by atoms with E-state index < -0.39 is 77.0 Å². The normalized spacial score (nSPS) is 14.0. The predicted octanol–water partition coefficient (Wildman–Crippen LogP) is 18.9. The lowest BCUT2D eigenvalue weighted by atomic mass is 10.1. The molecule has 0 saturated carbocycles. The number of nitrogens with two attached hydrogens (primary N) is 3.